The number of nitrogens with one attached hydrogen (secondary N) is 2. The lowest BCUT2D eigenvalue weighted by Gasteiger charge is -2.08. The second kappa shape index (κ2) is 5.16. The fourth-order valence-electron chi connectivity index (χ4n) is 2.05. The van der Waals surface area contributed by atoms with Crippen molar-refractivity contribution in [3.63, 3.8) is 0 Å². The lowest BCUT2D eigenvalue weighted by molar-refractivity contribution is -0.120. The molecule has 2 aromatic heterocycles. The number of amides is 1. The maximum atomic E-state index is 11.8. The molecule has 3 rings (SSSR count). The minimum Gasteiger partial charge on any atom is -0.355 e. The van der Waals surface area contributed by atoms with Crippen molar-refractivity contribution in [2.24, 2.45) is 0 Å². The van der Waals surface area contributed by atoms with Crippen LogP contribution >= 0.6 is 11.8 Å². The zero-order valence-electron chi connectivity index (χ0n) is 11.3. The molecule has 0 unspecified atom stereocenters. The van der Waals surface area contributed by atoms with Gasteiger partial charge in [0.25, 0.3) is 0 Å². The predicted octanol–water partition coefficient (Wildman–Crippen LogP) is 1.83. The Kier molecular flexibility index (Phi) is 3.35. The summed E-state index contributed by atoms with van der Waals surface area (Å²) in [4.78, 5) is 16.3. The van der Waals surface area contributed by atoms with Crippen LogP contribution < -0.4 is 5.32 Å². The molecule has 1 aromatic carbocycles. The Morgan fingerprint density at radius 1 is 1.50 bits per heavy atom. The number of hydrogen-bond acceptors (Lipinski definition) is 4. The van der Waals surface area contributed by atoms with Crippen LogP contribution in [0.15, 0.2) is 29.4 Å². The highest BCUT2D eigenvalue weighted by Gasteiger charge is 2.18. The topological polar surface area (TPSA) is 75.1 Å². The summed E-state index contributed by atoms with van der Waals surface area (Å²) in [6, 6.07) is 7.86. The van der Waals surface area contributed by atoms with Gasteiger partial charge in [0.1, 0.15) is 0 Å². The van der Waals surface area contributed by atoms with Gasteiger partial charge in [-0.2, -0.15) is 0 Å². The minimum atomic E-state index is -0.206. The summed E-state index contributed by atoms with van der Waals surface area (Å²) < 4.78 is 1.94. The maximum absolute atomic E-state index is 11.8. The molecular formula is C13H15N5OS. The van der Waals surface area contributed by atoms with E-state index in [4.69, 9.17) is 0 Å². The molecule has 2 N–H and O–H groups in total. The molecule has 1 atom stereocenters. The zero-order chi connectivity index (χ0) is 14.1. The number of nitrogens with zero attached hydrogens (tertiary/aromatic N) is 3. The average molecular weight is 289 g/mol. The molecule has 0 aliphatic rings. The number of carbonyl (C=O) groups excluding carboxylic acids is 1. The molecule has 0 aliphatic carbocycles. The minimum absolute atomic E-state index is 0.0121. The van der Waals surface area contributed by atoms with Gasteiger partial charge in [-0.05, 0) is 26.0 Å². The second-order valence-corrected chi connectivity index (χ2v) is 5.73. The van der Waals surface area contributed by atoms with E-state index in [1.807, 2.05) is 42.5 Å². The van der Waals surface area contributed by atoms with E-state index >= 15 is 0 Å². The van der Waals surface area contributed by atoms with Gasteiger partial charge in [0.15, 0.2) is 5.16 Å². The number of benzene rings is 1. The lowest BCUT2D eigenvalue weighted by Crippen LogP contribution is -2.30. The van der Waals surface area contributed by atoms with Crippen LogP contribution in [0.2, 0.25) is 0 Å². The van der Waals surface area contributed by atoms with Gasteiger partial charge >= 0.3 is 0 Å². The van der Waals surface area contributed by atoms with E-state index in [0.29, 0.717) is 12.3 Å². The van der Waals surface area contributed by atoms with E-state index < -0.39 is 0 Å². The van der Waals surface area contributed by atoms with Crippen molar-refractivity contribution in [3.8, 4) is 0 Å². The van der Waals surface area contributed by atoms with Gasteiger partial charge < -0.3 is 5.32 Å². The van der Waals surface area contributed by atoms with Gasteiger partial charge in [-0.3, -0.25) is 9.20 Å². The molecule has 0 saturated carbocycles. The molecule has 0 fully saturated rings. The van der Waals surface area contributed by atoms with Crippen molar-refractivity contribution in [1.82, 2.24) is 24.9 Å². The van der Waals surface area contributed by atoms with E-state index in [0.717, 1.165) is 16.2 Å². The van der Waals surface area contributed by atoms with Crippen LogP contribution in [0.1, 0.15) is 13.8 Å². The summed E-state index contributed by atoms with van der Waals surface area (Å²) in [5.41, 5.74) is 1.90. The fourth-order valence-corrected chi connectivity index (χ4v) is 2.95. The number of carbonyl (C=O) groups is 1. The highest BCUT2D eigenvalue weighted by Crippen LogP contribution is 2.25. The summed E-state index contributed by atoms with van der Waals surface area (Å²) in [7, 11) is 0. The quantitative estimate of drug-likeness (QED) is 0.719. The van der Waals surface area contributed by atoms with Crippen LogP contribution in [0, 0.1) is 0 Å². The number of fused-ring (bicyclic) bond motifs is 3. The summed E-state index contributed by atoms with van der Waals surface area (Å²) in [5, 5.41) is 10.5. The van der Waals surface area contributed by atoms with Gasteiger partial charge in [-0.1, -0.05) is 23.9 Å². The molecule has 0 aliphatic heterocycles. The Hall–Kier alpha value is -2.02. The Labute approximate surface area is 120 Å². The number of rotatable bonds is 4. The molecule has 6 nitrogen and oxygen atoms in total. The van der Waals surface area contributed by atoms with Crippen LogP contribution in [-0.2, 0) is 4.79 Å². The summed E-state index contributed by atoms with van der Waals surface area (Å²) in [6.07, 6.45) is 0. The highest BCUT2D eigenvalue weighted by molar-refractivity contribution is 8.00. The Morgan fingerprint density at radius 2 is 2.30 bits per heavy atom. The van der Waals surface area contributed by atoms with Crippen LogP contribution in [0.4, 0.5) is 0 Å². The number of H-pyrrole nitrogens is 1. The van der Waals surface area contributed by atoms with E-state index in [9.17, 15) is 4.79 Å². The third kappa shape index (κ3) is 2.14. The van der Waals surface area contributed by atoms with Crippen molar-refractivity contribution >= 4 is 34.5 Å². The second-order valence-electron chi connectivity index (χ2n) is 4.42. The monoisotopic (exact) mass is 289 g/mol. The molecular weight excluding hydrogens is 274 g/mol. The van der Waals surface area contributed by atoms with Crippen LogP contribution in [0.3, 0.4) is 0 Å². The smallest absolute Gasteiger partial charge is 0.233 e. The molecule has 0 spiro atoms. The molecule has 2 heterocycles. The Balaban J connectivity index is 1.97. The van der Waals surface area contributed by atoms with E-state index in [1.54, 1.807) is 0 Å². The van der Waals surface area contributed by atoms with Crippen LogP contribution in [-0.4, -0.2) is 37.3 Å². The van der Waals surface area contributed by atoms with Crippen molar-refractivity contribution < 1.29 is 4.79 Å². The number of para-hydroxylation sites is 2. The Morgan fingerprint density at radius 3 is 3.10 bits per heavy atom. The van der Waals surface area contributed by atoms with Crippen molar-refractivity contribution in [2.75, 3.05) is 6.54 Å². The molecule has 7 heteroatoms. The molecule has 0 radical (unpaired) electrons. The largest absolute Gasteiger partial charge is 0.355 e. The summed E-state index contributed by atoms with van der Waals surface area (Å²) in [6.45, 7) is 4.41. The molecule has 104 valence electrons. The van der Waals surface area contributed by atoms with E-state index in [2.05, 4.69) is 20.5 Å². The van der Waals surface area contributed by atoms with Gasteiger partial charge in [0.05, 0.1) is 16.3 Å². The summed E-state index contributed by atoms with van der Waals surface area (Å²) >= 11 is 1.42. The number of aromatic amines is 1. The number of hydrogen-bond donors (Lipinski definition) is 2. The van der Waals surface area contributed by atoms with E-state index in [1.165, 1.54) is 11.8 Å². The molecule has 1 amide bonds. The predicted molar refractivity (Wildman–Crippen MR) is 78.8 cm³/mol. The van der Waals surface area contributed by atoms with E-state index in [-0.39, 0.29) is 11.2 Å². The zero-order valence-corrected chi connectivity index (χ0v) is 12.1. The molecule has 0 bridgehead atoms. The molecule has 20 heavy (non-hydrogen) atoms. The molecule has 0 saturated heterocycles. The average Bonchev–Trinajstić information content (AvgIpc) is 2.99. The SMILES string of the molecule is CCNC(=O)[C@H](C)Sc1n[nH]c2nc3ccccc3n12. The molecule has 3 aromatic rings. The van der Waals surface area contributed by atoms with Crippen molar-refractivity contribution in [1.29, 1.82) is 0 Å². The normalized spacial score (nSPS) is 12.9. The number of thioether (sulfide) groups is 1. The van der Waals surface area contributed by atoms with Gasteiger partial charge in [0, 0.05) is 6.54 Å². The fraction of sp³-hybridized carbons (Fsp3) is 0.308. The maximum Gasteiger partial charge on any atom is 0.233 e. The first-order valence-corrected chi connectivity index (χ1v) is 7.34. The van der Waals surface area contributed by atoms with Gasteiger partial charge in [0.2, 0.25) is 11.7 Å². The number of imidazole rings is 1. The number of aromatic nitrogens is 4. The highest BCUT2D eigenvalue weighted by atomic mass is 32.2. The third-order valence-corrected chi connectivity index (χ3v) is 4.06. The first-order chi connectivity index (χ1) is 9.70. The lowest BCUT2D eigenvalue weighted by atomic mass is 10.3. The van der Waals surface area contributed by atoms with Gasteiger partial charge in [-0.25, -0.2) is 10.1 Å². The van der Waals surface area contributed by atoms with Crippen LogP contribution in [0.5, 0.6) is 0 Å². The van der Waals surface area contributed by atoms with Gasteiger partial charge in [-0.15, -0.1) is 5.10 Å². The van der Waals surface area contributed by atoms with Crippen molar-refractivity contribution in [3.05, 3.63) is 24.3 Å². The van der Waals surface area contributed by atoms with Crippen LogP contribution in [0.25, 0.3) is 16.8 Å². The first kappa shape index (κ1) is 13.0. The standard InChI is InChI=1S/C13H15N5OS/c1-3-14-11(19)8(2)20-13-17-16-12-15-9-6-4-5-7-10(9)18(12)13/h4-8H,3H2,1-2H3,(H,14,19)(H,15,16)/t8-/m0/s1. The summed E-state index contributed by atoms with van der Waals surface area (Å²) in [5.74, 6) is 0.704. The van der Waals surface area contributed by atoms with Crippen molar-refractivity contribution in [2.45, 2.75) is 24.3 Å². The third-order valence-electron chi connectivity index (χ3n) is 3.01. The first-order valence-electron chi connectivity index (χ1n) is 6.46. The Bertz CT molecular complexity index is 762.